The minimum absolute atomic E-state index is 0.0909. The van der Waals surface area contributed by atoms with Crippen LogP contribution >= 0.6 is 22.9 Å². The Balaban J connectivity index is 1.45. The molecular weight excluding hydrogens is 392 g/mol. The summed E-state index contributed by atoms with van der Waals surface area (Å²) in [5.74, 6) is 0.0909. The average molecular weight is 415 g/mol. The van der Waals surface area contributed by atoms with Gasteiger partial charge in [0.15, 0.2) is 5.13 Å². The molecule has 7 heteroatoms. The van der Waals surface area contributed by atoms with Crippen molar-refractivity contribution in [1.29, 1.82) is 0 Å². The smallest absolute Gasteiger partial charge is 0.253 e. The van der Waals surface area contributed by atoms with Crippen molar-refractivity contribution in [2.24, 2.45) is 0 Å². The van der Waals surface area contributed by atoms with Gasteiger partial charge in [-0.3, -0.25) is 4.79 Å². The maximum absolute atomic E-state index is 12.8. The third-order valence-corrected chi connectivity index (χ3v) is 6.73. The minimum atomic E-state index is 0.0909. The zero-order valence-corrected chi connectivity index (χ0v) is 17.8. The van der Waals surface area contributed by atoms with Crippen molar-refractivity contribution in [2.45, 2.75) is 6.92 Å². The van der Waals surface area contributed by atoms with E-state index in [2.05, 4.69) is 11.8 Å². The number of halogens is 1. The number of rotatable bonds is 3. The molecule has 0 aliphatic carbocycles. The van der Waals surface area contributed by atoms with Crippen LogP contribution in [0.15, 0.2) is 36.4 Å². The molecule has 4 rings (SSSR count). The van der Waals surface area contributed by atoms with Crippen LogP contribution < -0.4 is 9.80 Å². The lowest BCUT2D eigenvalue weighted by atomic mass is 10.1. The van der Waals surface area contributed by atoms with E-state index in [1.807, 2.05) is 60.3 Å². The van der Waals surface area contributed by atoms with Gasteiger partial charge in [-0.2, -0.15) is 0 Å². The minimum Gasteiger partial charge on any atom is -0.378 e. The second kappa shape index (κ2) is 7.60. The summed E-state index contributed by atoms with van der Waals surface area (Å²) in [7, 11) is 3.99. The summed E-state index contributed by atoms with van der Waals surface area (Å²) in [5, 5.41) is 1.73. The van der Waals surface area contributed by atoms with Gasteiger partial charge in [0.05, 0.1) is 15.2 Å². The molecule has 146 valence electrons. The van der Waals surface area contributed by atoms with Crippen LogP contribution in [0.1, 0.15) is 15.9 Å². The van der Waals surface area contributed by atoms with Gasteiger partial charge in [-0.25, -0.2) is 4.98 Å². The van der Waals surface area contributed by atoms with Crippen LogP contribution in [0, 0.1) is 6.92 Å². The Morgan fingerprint density at radius 1 is 1.07 bits per heavy atom. The van der Waals surface area contributed by atoms with E-state index in [1.165, 1.54) is 0 Å². The lowest BCUT2D eigenvalue weighted by Gasteiger charge is -2.34. The lowest BCUT2D eigenvalue weighted by Crippen LogP contribution is -2.48. The molecule has 0 atom stereocenters. The highest BCUT2D eigenvalue weighted by atomic mass is 35.5. The van der Waals surface area contributed by atoms with E-state index in [9.17, 15) is 4.79 Å². The summed E-state index contributed by atoms with van der Waals surface area (Å²) in [6.07, 6.45) is 0. The molecule has 1 aromatic heterocycles. The van der Waals surface area contributed by atoms with E-state index in [0.717, 1.165) is 50.3 Å². The Kier molecular flexibility index (Phi) is 5.17. The fraction of sp³-hybridized carbons (Fsp3) is 0.333. The van der Waals surface area contributed by atoms with Crippen molar-refractivity contribution in [2.75, 3.05) is 50.1 Å². The topological polar surface area (TPSA) is 39.7 Å². The predicted octanol–water partition coefficient (Wildman–Crippen LogP) is 4.29. The number of thiazole rings is 1. The van der Waals surface area contributed by atoms with Crippen molar-refractivity contribution in [3.05, 3.63) is 52.5 Å². The SMILES string of the molecule is Cc1ccc(Cl)c2sc(N3CCN(C(=O)c4ccc(N(C)C)cc4)CC3)nc12. The highest BCUT2D eigenvalue weighted by molar-refractivity contribution is 7.22. The number of aryl methyl sites for hydroxylation is 1. The van der Waals surface area contributed by atoms with E-state index in [-0.39, 0.29) is 5.91 Å². The average Bonchev–Trinajstić information content (AvgIpc) is 3.17. The Hall–Kier alpha value is -2.31. The Bertz CT molecular complexity index is 968. The summed E-state index contributed by atoms with van der Waals surface area (Å²) in [6, 6.07) is 11.7. The Morgan fingerprint density at radius 3 is 2.36 bits per heavy atom. The second-order valence-corrected chi connectivity index (χ2v) is 8.64. The van der Waals surface area contributed by atoms with Crippen LogP contribution in [0.4, 0.5) is 10.8 Å². The molecule has 1 saturated heterocycles. The number of benzene rings is 2. The van der Waals surface area contributed by atoms with Gasteiger partial charge in [0.1, 0.15) is 0 Å². The molecule has 0 bridgehead atoms. The summed E-state index contributed by atoms with van der Waals surface area (Å²) in [6.45, 7) is 4.99. The van der Waals surface area contributed by atoms with E-state index in [0.29, 0.717) is 13.1 Å². The zero-order chi connectivity index (χ0) is 19.8. The number of carbonyl (C=O) groups is 1. The van der Waals surface area contributed by atoms with Gasteiger partial charge in [0, 0.05) is 51.5 Å². The molecule has 0 unspecified atom stereocenters. The molecule has 0 spiro atoms. The first-order valence-corrected chi connectivity index (χ1v) is 10.5. The fourth-order valence-corrected chi connectivity index (χ4v) is 4.78. The maximum atomic E-state index is 12.8. The molecule has 0 N–H and O–H groups in total. The van der Waals surface area contributed by atoms with Gasteiger partial charge >= 0.3 is 0 Å². The highest BCUT2D eigenvalue weighted by Gasteiger charge is 2.24. The van der Waals surface area contributed by atoms with Gasteiger partial charge in [0.2, 0.25) is 0 Å². The standard InChI is InChI=1S/C21H23ClN4OS/c1-14-4-9-17(22)19-18(14)23-21(28-19)26-12-10-25(11-13-26)20(27)15-5-7-16(8-6-15)24(2)3/h4-9H,10-13H2,1-3H3. The van der Waals surface area contributed by atoms with Gasteiger partial charge in [-0.05, 0) is 42.8 Å². The monoisotopic (exact) mass is 414 g/mol. The van der Waals surface area contributed by atoms with Crippen molar-refractivity contribution >= 4 is 49.9 Å². The van der Waals surface area contributed by atoms with E-state index in [4.69, 9.17) is 16.6 Å². The van der Waals surface area contributed by atoms with Crippen LogP contribution in [0.3, 0.4) is 0 Å². The van der Waals surface area contributed by atoms with Gasteiger partial charge in [0.25, 0.3) is 5.91 Å². The van der Waals surface area contributed by atoms with Crippen LogP contribution in [0.2, 0.25) is 5.02 Å². The molecule has 0 radical (unpaired) electrons. The first kappa shape index (κ1) is 19.0. The van der Waals surface area contributed by atoms with Gasteiger partial charge in [-0.1, -0.05) is 29.0 Å². The summed E-state index contributed by atoms with van der Waals surface area (Å²) < 4.78 is 1.04. The molecule has 1 aliphatic heterocycles. The third-order valence-electron chi connectivity index (χ3n) is 5.15. The first-order chi connectivity index (χ1) is 13.4. The molecule has 2 heterocycles. The van der Waals surface area contributed by atoms with Crippen molar-refractivity contribution < 1.29 is 4.79 Å². The Morgan fingerprint density at radius 2 is 1.75 bits per heavy atom. The zero-order valence-electron chi connectivity index (χ0n) is 16.3. The van der Waals surface area contributed by atoms with Crippen molar-refractivity contribution in [3.63, 3.8) is 0 Å². The van der Waals surface area contributed by atoms with Crippen LogP contribution in [-0.2, 0) is 0 Å². The molecule has 1 fully saturated rings. The fourth-order valence-electron chi connectivity index (χ4n) is 3.41. The quantitative estimate of drug-likeness (QED) is 0.641. The van der Waals surface area contributed by atoms with E-state index in [1.54, 1.807) is 11.3 Å². The van der Waals surface area contributed by atoms with Crippen LogP contribution in [0.25, 0.3) is 10.2 Å². The second-order valence-electron chi connectivity index (χ2n) is 7.26. The summed E-state index contributed by atoms with van der Waals surface area (Å²) in [5.41, 5.74) is 3.94. The van der Waals surface area contributed by atoms with Crippen LogP contribution in [-0.4, -0.2) is 56.1 Å². The van der Waals surface area contributed by atoms with Gasteiger partial charge in [-0.15, -0.1) is 0 Å². The molecule has 0 saturated carbocycles. The molecular formula is C21H23ClN4OS. The van der Waals surface area contributed by atoms with E-state index < -0.39 is 0 Å². The van der Waals surface area contributed by atoms with Crippen molar-refractivity contribution in [1.82, 2.24) is 9.88 Å². The number of carbonyl (C=O) groups excluding carboxylic acids is 1. The summed E-state index contributed by atoms with van der Waals surface area (Å²) >= 11 is 7.97. The highest BCUT2D eigenvalue weighted by Crippen LogP contribution is 2.35. The molecule has 2 aromatic carbocycles. The number of nitrogens with zero attached hydrogens (tertiary/aromatic N) is 4. The third kappa shape index (κ3) is 3.54. The normalized spacial score (nSPS) is 14.6. The molecule has 5 nitrogen and oxygen atoms in total. The van der Waals surface area contributed by atoms with Crippen molar-refractivity contribution in [3.8, 4) is 0 Å². The number of aromatic nitrogens is 1. The number of piperazine rings is 1. The van der Waals surface area contributed by atoms with Gasteiger partial charge < -0.3 is 14.7 Å². The Labute approximate surface area is 174 Å². The summed E-state index contributed by atoms with van der Waals surface area (Å²) in [4.78, 5) is 23.8. The largest absolute Gasteiger partial charge is 0.378 e. The predicted molar refractivity (Wildman–Crippen MR) is 118 cm³/mol. The molecule has 1 aliphatic rings. The molecule has 1 amide bonds. The molecule has 3 aromatic rings. The molecule has 28 heavy (non-hydrogen) atoms. The number of hydrogen-bond donors (Lipinski definition) is 0. The lowest BCUT2D eigenvalue weighted by molar-refractivity contribution is 0.0747. The number of amides is 1. The van der Waals surface area contributed by atoms with Crippen LogP contribution in [0.5, 0.6) is 0 Å². The number of hydrogen-bond acceptors (Lipinski definition) is 5. The maximum Gasteiger partial charge on any atom is 0.253 e. The number of fused-ring (bicyclic) bond motifs is 1. The van der Waals surface area contributed by atoms with E-state index >= 15 is 0 Å². The number of anilines is 2. The first-order valence-electron chi connectivity index (χ1n) is 9.31.